The van der Waals surface area contributed by atoms with Gasteiger partial charge in [0.15, 0.2) is 0 Å². The van der Waals surface area contributed by atoms with E-state index in [1.165, 1.54) is 0 Å². The van der Waals surface area contributed by atoms with Crippen molar-refractivity contribution in [1.29, 1.82) is 0 Å². The van der Waals surface area contributed by atoms with Crippen LogP contribution in [-0.2, 0) is 0 Å². The highest BCUT2D eigenvalue weighted by Gasteiger charge is 2.23. The molecule has 1 aromatic rings. The zero-order chi connectivity index (χ0) is 14.6. The van der Waals surface area contributed by atoms with E-state index in [0.717, 1.165) is 25.1 Å². The molecule has 7 heteroatoms. The van der Waals surface area contributed by atoms with Crippen molar-refractivity contribution < 1.29 is 14.8 Å². The minimum atomic E-state index is -1.23. The molecule has 1 atom stereocenters. The summed E-state index contributed by atoms with van der Waals surface area (Å²) in [6.07, 6.45) is 2.96. The summed E-state index contributed by atoms with van der Waals surface area (Å²) in [7, 11) is 1.72. The standard InChI is InChI=1S/C12H17N3O4/c1-4-5-8(2)14(3)11-10(15(18)19)6-9(7-13-11)12(16)17/h6-8H,4-5H2,1-3H3,(H,16,17). The number of carbonyl (C=O) groups is 1. The molecule has 0 bridgehead atoms. The smallest absolute Gasteiger partial charge is 0.337 e. The normalized spacial score (nSPS) is 11.9. The number of rotatable bonds is 6. The monoisotopic (exact) mass is 267 g/mol. The highest BCUT2D eigenvalue weighted by molar-refractivity contribution is 5.88. The minimum Gasteiger partial charge on any atom is -0.478 e. The second-order valence-electron chi connectivity index (χ2n) is 4.38. The predicted octanol–water partition coefficient (Wildman–Crippen LogP) is 2.31. The lowest BCUT2D eigenvalue weighted by atomic mass is 10.1. The van der Waals surface area contributed by atoms with E-state index in [1.807, 2.05) is 13.8 Å². The number of hydrogen-bond acceptors (Lipinski definition) is 5. The average molecular weight is 267 g/mol. The van der Waals surface area contributed by atoms with Crippen LogP contribution in [0.5, 0.6) is 0 Å². The number of nitro groups is 1. The van der Waals surface area contributed by atoms with Crippen LogP contribution in [0.1, 0.15) is 37.0 Å². The fraction of sp³-hybridized carbons (Fsp3) is 0.500. The van der Waals surface area contributed by atoms with Gasteiger partial charge >= 0.3 is 11.7 Å². The van der Waals surface area contributed by atoms with Gasteiger partial charge in [0.1, 0.15) is 0 Å². The van der Waals surface area contributed by atoms with E-state index in [0.29, 0.717) is 0 Å². The Morgan fingerprint density at radius 1 is 1.63 bits per heavy atom. The molecule has 104 valence electrons. The molecule has 0 radical (unpaired) electrons. The van der Waals surface area contributed by atoms with Crippen molar-refractivity contribution >= 4 is 17.5 Å². The van der Waals surface area contributed by atoms with Gasteiger partial charge in [0.2, 0.25) is 5.82 Å². The van der Waals surface area contributed by atoms with Gasteiger partial charge in [-0.25, -0.2) is 9.78 Å². The lowest BCUT2D eigenvalue weighted by Gasteiger charge is -2.25. The van der Waals surface area contributed by atoms with E-state index in [2.05, 4.69) is 4.98 Å². The largest absolute Gasteiger partial charge is 0.478 e. The van der Waals surface area contributed by atoms with Crippen molar-refractivity contribution in [3.8, 4) is 0 Å². The van der Waals surface area contributed by atoms with E-state index in [4.69, 9.17) is 5.11 Å². The first-order valence-electron chi connectivity index (χ1n) is 5.99. The molecule has 0 aromatic carbocycles. The number of hydrogen-bond donors (Lipinski definition) is 1. The molecule has 0 aliphatic heterocycles. The molecule has 19 heavy (non-hydrogen) atoms. The first-order valence-corrected chi connectivity index (χ1v) is 5.99. The van der Waals surface area contributed by atoms with Crippen molar-refractivity contribution in [2.75, 3.05) is 11.9 Å². The molecule has 0 amide bonds. The predicted molar refractivity (Wildman–Crippen MR) is 70.6 cm³/mol. The molecule has 1 unspecified atom stereocenters. The van der Waals surface area contributed by atoms with E-state index in [1.54, 1.807) is 11.9 Å². The van der Waals surface area contributed by atoms with Crippen LogP contribution in [-0.4, -0.2) is 34.1 Å². The molecule has 0 spiro atoms. The fourth-order valence-electron chi connectivity index (χ4n) is 1.79. The second-order valence-corrected chi connectivity index (χ2v) is 4.38. The average Bonchev–Trinajstić information content (AvgIpc) is 2.37. The Bertz CT molecular complexity index is 490. The van der Waals surface area contributed by atoms with E-state index >= 15 is 0 Å². The summed E-state index contributed by atoms with van der Waals surface area (Å²) in [5.74, 6) is -1.04. The summed E-state index contributed by atoms with van der Waals surface area (Å²) in [6, 6.07) is 1.13. The zero-order valence-corrected chi connectivity index (χ0v) is 11.2. The Morgan fingerprint density at radius 3 is 2.74 bits per heavy atom. The molecule has 1 aromatic heterocycles. The van der Waals surface area contributed by atoms with Crippen molar-refractivity contribution in [2.24, 2.45) is 0 Å². The molecule has 0 saturated carbocycles. The molecule has 0 aliphatic carbocycles. The Hall–Kier alpha value is -2.18. The number of anilines is 1. The maximum absolute atomic E-state index is 11.0. The third kappa shape index (κ3) is 3.40. The van der Waals surface area contributed by atoms with E-state index in [9.17, 15) is 14.9 Å². The fourth-order valence-corrected chi connectivity index (χ4v) is 1.79. The van der Waals surface area contributed by atoms with Crippen LogP contribution >= 0.6 is 0 Å². The van der Waals surface area contributed by atoms with Crippen LogP contribution in [0.3, 0.4) is 0 Å². The SMILES string of the molecule is CCCC(C)N(C)c1ncc(C(=O)O)cc1[N+](=O)[O-]. The third-order valence-electron chi connectivity index (χ3n) is 2.99. The van der Waals surface area contributed by atoms with E-state index in [-0.39, 0.29) is 23.1 Å². The van der Waals surface area contributed by atoms with Crippen LogP contribution in [0.15, 0.2) is 12.3 Å². The van der Waals surface area contributed by atoms with Gasteiger partial charge in [-0.1, -0.05) is 13.3 Å². The van der Waals surface area contributed by atoms with Crippen molar-refractivity contribution in [3.05, 3.63) is 27.9 Å². The Morgan fingerprint density at radius 2 is 2.26 bits per heavy atom. The van der Waals surface area contributed by atoms with Crippen LogP contribution in [0.25, 0.3) is 0 Å². The molecule has 1 heterocycles. The molecule has 7 nitrogen and oxygen atoms in total. The summed E-state index contributed by atoms with van der Waals surface area (Å²) >= 11 is 0. The molecule has 1 rings (SSSR count). The van der Waals surface area contributed by atoms with Gasteiger partial charge in [0.05, 0.1) is 10.5 Å². The summed E-state index contributed by atoms with van der Waals surface area (Å²) in [5.41, 5.74) is -0.475. The highest BCUT2D eigenvalue weighted by Crippen LogP contribution is 2.27. The zero-order valence-electron chi connectivity index (χ0n) is 11.2. The van der Waals surface area contributed by atoms with Gasteiger partial charge in [-0.2, -0.15) is 0 Å². The highest BCUT2D eigenvalue weighted by atomic mass is 16.6. The van der Waals surface area contributed by atoms with Crippen LogP contribution in [0.4, 0.5) is 11.5 Å². The van der Waals surface area contributed by atoms with Crippen molar-refractivity contribution in [2.45, 2.75) is 32.7 Å². The van der Waals surface area contributed by atoms with Crippen molar-refractivity contribution in [1.82, 2.24) is 4.98 Å². The summed E-state index contributed by atoms with van der Waals surface area (Å²) in [5, 5.41) is 19.9. The second kappa shape index (κ2) is 6.12. The van der Waals surface area contributed by atoms with Crippen LogP contribution < -0.4 is 4.90 Å². The molecule has 0 fully saturated rings. The number of aromatic nitrogens is 1. The van der Waals surface area contributed by atoms with Gasteiger partial charge < -0.3 is 10.0 Å². The minimum absolute atomic E-state index is 0.0897. The number of carboxylic acids is 1. The molecule has 1 N–H and O–H groups in total. The Balaban J connectivity index is 3.20. The number of aromatic carboxylic acids is 1. The molecular formula is C12H17N3O4. The van der Waals surface area contributed by atoms with Gasteiger partial charge in [-0.3, -0.25) is 10.1 Å². The summed E-state index contributed by atoms with van der Waals surface area (Å²) in [6.45, 7) is 3.97. The van der Waals surface area contributed by atoms with Crippen LogP contribution in [0, 0.1) is 10.1 Å². The summed E-state index contributed by atoms with van der Waals surface area (Å²) < 4.78 is 0. The maximum atomic E-state index is 11.0. The van der Waals surface area contributed by atoms with Crippen molar-refractivity contribution in [3.63, 3.8) is 0 Å². The molecule has 0 saturated heterocycles. The molecular weight excluding hydrogens is 250 g/mol. The number of pyridine rings is 1. The first kappa shape index (κ1) is 14.9. The van der Waals surface area contributed by atoms with Gasteiger partial charge in [0, 0.05) is 25.4 Å². The lowest BCUT2D eigenvalue weighted by Crippen LogP contribution is -2.30. The van der Waals surface area contributed by atoms with Gasteiger partial charge in [-0.15, -0.1) is 0 Å². The first-order chi connectivity index (χ1) is 8.88. The molecule has 0 aliphatic rings. The van der Waals surface area contributed by atoms with Crippen LogP contribution in [0.2, 0.25) is 0 Å². The Kier molecular flexibility index (Phi) is 4.80. The quantitative estimate of drug-likeness (QED) is 0.627. The summed E-state index contributed by atoms with van der Waals surface area (Å²) in [4.78, 5) is 26.9. The van der Waals surface area contributed by atoms with E-state index < -0.39 is 10.9 Å². The number of carboxylic acid groups (broad SMARTS) is 1. The van der Waals surface area contributed by atoms with Gasteiger partial charge in [-0.05, 0) is 13.3 Å². The Labute approximate surface area is 111 Å². The van der Waals surface area contributed by atoms with Gasteiger partial charge in [0.25, 0.3) is 0 Å². The third-order valence-corrected chi connectivity index (χ3v) is 2.99. The topological polar surface area (TPSA) is 96.6 Å². The lowest BCUT2D eigenvalue weighted by molar-refractivity contribution is -0.384. The number of nitrogens with zero attached hydrogens (tertiary/aromatic N) is 3. The maximum Gasteiger partial charge on any atom is 0.337 e.